The first kappa shape index (κ1) is 13.5. The number of anilines is 1. The first-order valence-corrected chi connectivity index (χ1v) is 5.63. The van der Waals surface area contributed by atoms with Crippen molar-refractivity contribution >= 4 is 17.3 Å². The van der Waals surface area contributed by atoms with Crippen molar-refractivity contribution in [1.82, 2.24) is 0 Å². The molecule has 2 nitrogen and oxygen atoms in total. The van der Waals surface area contributed by atoms with Gasteiger partial charge >= 0.3 is 6.36 Å². The van der Waals surface area contributed by atoms with E-state index < -0.39 is 6.36 Å². The molecular weight excluding hydrogens is 279 g/mol. The molecule has 100 valence electrons. The smallest absolute Gasteiger partial charge is 0.406 e. The van der Waals surface area contributed by atoms with Gasteiger partial charge < -0.3 is 10.5 Å². The fraction of sp³-hybridized carbons (Fsp3) is 0.0769. The summed E-state index contributed by atoms with van der Waals surface area (Å²) in [7, 11) is 0. The Morgan fingerprint density at radius 2 is 1.58 bits per heavy atom. The highest BCUT2D eigenvalue weighted by molar-refractivity contribution is 6.31. The first-order chi connectivity index (χ1) is 8.83. The quantitative estimate of drug-likeness (QED) is 0.826. The fourth-order valence-corrected chi connectivity index (χ4v) is 1.87. The molecule has 0 aliphatic rings. The monoisotopic (exact) mass is 287 g/mol. The number of nitrogens with two attached hydrogens (primary N) is 1. The first-order valence-electron chi connectivity index (χ1n) is 5.26. The predicted octanol–water partition coefficient (Wildman–Crippen LogP) is 4.49. The van der Waals surface area contributed by atoms with Crippen LogP contribution >= 0.6 is 11.6 Å². The molecular formula is C13H9ClF3NO. The molecule has 0 unspecified atom stereocenters. The van der Waals surface area contributed by atoms with Crippen LogP contribution in [0.1, 0.15) is 0 Å². The van der Waals surface area contributed by atoms with Crippen LogP contribution in [0.25, 0.3) is 11.1 Å². The molecule has 0 saturated heterocycles. The summed E-state index contributed by atoms with van der Waals surface area (Å²) in [5.74, 6) is -0.272. The van der Waals surface area contributed by atoms with E-state index in [1.165, 1.54) is 24.3 Å². The van der Waals surface area contributed by atoms with Gasteiger partial charge in [0.25, 0.3) is 0 Å². The van der Waals surface area contributed by atoms with E-state index >= 15 is 0 Å². The maximum Gasteiger partial charge on any atom is 0.573 e. The highest BCUT2D eigenvalue weighted by Gasteiger charge is 2.30. The van der Waals surface area contributed by atoms with E-state index in [0.29, 0.717) is 16.3 Å². The van der Waals surface area contributed by atoms with E-state index in [1.54, 1.807) is 18.2 Å². The molecule has 0 amide bonds. The maximum absolute atomic E-state index is 12.0. The Hall–Kier alpha value is -1.88. The van der Waals surface area contributed by atoms with Crippen molar-refractivity contribution in [3.8, 4) is 16.9 Å². The Labute approximate surface area is 112 Å². The van der Waals surface area contributed by atoms with Crippen LogP contribution in [0, 0.1) is 0 Å². The Kier molecular flexibility index (Phi) is 3.57. The lowest BCUT2D eigenvalue weighted by molar-refractivity contribution is -0.274. The topological polar surface area (TPSA) is 35.2 Å². The lowest BCUT2D eigenvalue weighted by Gasteiger charge is -2.09. The lowest BCUT2D eigenvalue weighted by atomic mass is 10.1. The van der Waals surface area contributed by atoms with Crippen LogP contribution in [-0.4, -0.2) is 6.36 Å². The summed E-state index contributed by atoms with van der Waals surface area (Å²) < 4.78 is 39.8. The largest absolute Gasteiger partial charge is 0.573 e. The molecule has 0 aliphatic heterocycles. The van der Waals surface area contributed by atoms with Crippen molar-refractivity contribution in [2.75, 3.05) is 5.73 Å². The van der Waals surface area contributed by atoms with Gasteiger partial charge in [-0.1, -0.05) is 23.7 Å². The standard InChI is InChI=1S/C13H9ClF3NO/c14-10-5-9(6-11(18)7-10)8-1-3-12(4-2-8)19-13(15,16)17/h1-7H,18H2. The van der Waals surface area contributed by atoms with E-state index in [2.05, 4.69) is 4.74 Å². The molecule has 2 aromatic carbocycles. The highest BCUT2D eigenvalue weighted by atomic mass is 35.5. The zero-order chi connectivity index (χ0) is 14.0. The second kappa shape index (κ2) is 5.01. The molecule has 0 saturated carbocycles. The summed E-state index contributed by atoms with van der Waals surface area (Å²) in [5.41, 5.74) is 7.56. The van der Waals surface area contributed by atoms with Gasteiger partial charge in [-0.3, -0.25) is 0 Å². The molecule has 2 aromatic rings. The SMILES string of the molecule is Nc1cc(Cl)cc(-c2ccc(OC(F)(F)F)cc2)c1. The van der Waals surface area contributed by atoms with Gasteiger partial charge in [0.2, 0.25) is 0 Å². The number of rotatable bonds is 2. The molecule has 0 fully saturated rings. The van der Waals surface area contributed by atoms with Gasteiger partial charge in [-0.2, -0.15) is 0 Å². The average Bonchev–Trinajstić information content (AvgIpc) is 2.26. The van der Waals surface area contributed by atoms with Crippen molar-refractivity contribution in [1.29, 1.82) is 0 Å². The molecule has 0 bridgehead atoms. The van der Waals surface area contributed by atoms with Crippen molar-refractivity contribution in [2.45, 2.75) is 6.36 Å². The second-order valence-corrected chi connectivity index (χ2v) is 4.28. The molecule has 2 rings (SSSR count). The van der Waals surface area contributed by atoms with Gasteiger partial charge in [0, 0.05) is 10.7 Å². The second-order valence-electron chi connectivity index (χ2n) is 3.85. The van der Waals surface area contributed by atoms with Gasteiger partial charge in [-0.05, 0) is 41.5 Å². The van der Waals surface area contributed by atoms with Gasteiger partial charge in [-0.15, -0.1) is 13.2 Å². The summed E-state index contributed by atoms with van der Waals surface area (Å²) in [6.07, 6.45) is -4.69. The molecule has 2 N–H and O–H groups in total. The van der Waals surface area contributed by atoms with E-state index in [-0.39, 0.29) is 5.75 Å². The van der Waals surface area contributed by atoms with E-state index in [4.69, 9.17) is 17.3 Å². The lowest BCUT2D eigenvalue weighted by Crippen LogP contribution is -2.16. The van der Waals surface area contributed by atoms with Crippen LogP contribution in [0.3, 0.4) is 0 Å². The third-order valence-electron chi connectivity index (χ3n) is 2.34. The summed E-state index contributed by atoms with van der Waals surface area (Å²) in [5, 5.41) is 0.464. The Bertz CT molecular complexity index is 561. The van der Waals surface area contributed by atoms with Crippen molar-refractivity contribution in [3.63, 3.8) is 0 Å². The molecule has 6 heteroatoms. The number of benzene rings is 2. The van der Waals surface area contributed by atoms with Gasteiger partial charge in [0.05, 0.1) is 0 Å². The molecule has 0 aliphatic carbocycles. The fourth-order valence-electron chi connectivity index (χ4n) is 1.63. The van der Waals surface area contributed by atoms with Crippen molar-refractivity contribution in [2.24, 2.45) is 0 Å². The van der Waals surface area contributed by atoms with Gasteiger partial charge in [0.1, 0.15) is 5.75 Å². The number of hydrogen-bond acceptors (Lipinski definition) is 2. The normalized spacial score (nSPS) is 11.4. The minimum absolute atomic E-state index is 0.272. The van der Waals surface area contributed by atoms with E-state index in [1.807, 2.05) is 0 Å². The molecule has 0 aromatic heterocycles. The average molecular weight is 288 g/mol. The Morgan fingerprint density at radius 1 is 0.947 bits per heavy atom. The molecule has 0 atom stereocenters. The highest BCUT2D eigenvalue weighted by Crippen LogP contribution is 2.29. The minimum atomic E-state index is -4.69. The number of hydrogen-bond donors (Lipinski definition) is 1. The van der Waals surface area contributed by atoms with Crippen molar-refractivity contribution in [3.05, 3.63) is 47.5 Å². The van der Waals surface area contributed by atoms with Crippen LogP contribution in [0.15, 0.2) is 42.5 Å². The molecule has 0 heterocycles. The zero-order valence-corrected chi connectivity index (χ0v) is 10.3. The summed E-state index contributed by atoms with van der Waals surface area (Å²) >= 11 is 5.86. The van der Waals surface area contributed by atoms with Crippen LogP contribution in [-0.2, 0) is 0 Å². The van der Waals surface area contributed by atoms with Crippen LogP contribution in [0.4, 0.5) is 18.9 Å². The molecule has 19 heavy (non-hydrogen) atoms. The minimum Gasteiger partial charge on any atom is -0.406 e. The Morgan fingerprint density at radius 3 is 2.11 bits per heavy atom. The van der Waals surface area contributed by atoms with Gasteiger partial charge in [-0.25, -0.2) is 0 Å². The summed E-state index contributed by atoms with van der Waals surface area (Å²) in [6.45, 7) is 0. The van der Waals surface area contributed by atoms with E-state index in [9.17, 15) is 13.2 Å². The Balaban J connectivity index is 2.27. The van der Waals surface area contributed by atoms with Gasteiger partial charge in [0.15, 0.2) is 0 Å². The summed E-state index contributed by atoms with van der Waals surface area (Å²) in [6, 6.07) is 10.4. The third-order valence-corrected chi connectivity index (χ3v) is 2.56. The molecule has 0 spiro atoms. The van der Waals surface area contributed by atoms with E-state index in [0.717, 1.165) is 5.56 Å². The van der Waals surface area contributed by atoms with Crippen LogP contribution < -0.4 is 10.5 Å². The summed E-state index contributed by atoms with van der Waals surface area (Å²) in [4.78, 5) is 0. The van der Waals surface area contributed by atoms with Crippen molar-refractivity contribution < 1.29 is 17.9 Å². The third kappa shape index (κ3) is 3.79. The zero-order valence-electron chi connectivity index (χ0n) is 9.54. The van der Waals surface area contributed by atoms with Crippen LogP contribution in [0.5, 0.6) is 5.75 Å². The number of halogens is 4. The number of nitrogen functional groups attached to an aromatic ring is 1. The predicted molar refractivity (Wildman–Crippen MR) is 68.0 cm³/mol. The van der Waals surface area contributed by atoms with Crippen LogP contribution in [0.2, 0.25) is 5.02 Å². The number of ether oxygens (including phenoxy) is 1. The molecule has 0 radical (unpaired) electrons. The maximum atomic E-state index is 12.0. The number of alkyl halides is 3.